The first-order valence-electron chi connectivity index (χ1n) is 20.4. The highest BCUT2D eigenvalue weighted by atomic mass is 15.1. The first kappa shape index (κ1) is 34.0. The topological polar surface area (TPSA) is 35.6 Å². The number of imidazole rings is 1. The van der Waals surface area contributed by atoms with E-state index in [1.54, 1.807) is 0 Å². The molecule has 280 valence electrons. The Morgan fingerprint density at radius 3 is 1.58 bits per heavy atom. The molecule has 0 amide bonds. The average Bonchev–Trinajstić information content (AvgIpc) is 3.87. The molecule has 12 aromatic rings. The SMILES string of the molecule is c1ccc(-c2ccc(-n3c(-c4ccc(-c5ccc6c(c5)c5cc7nc(-c8ccccc8)c8ccccc8c7cc5n6-c5ccccc5)cc4)nc4ccccc43)cc2)cc1. The molecule has 60 heavy (non-hydrogen) atoms. The maximum Gasteiger partial charge on any atom is 0.145 e. The minimum atomic E-state index is 0.915. The van der Waals surface area contributed by atoms with Crippen LogP contribution in [0.1, 0.15) is 0 Å². The van der Waals surface area contributed by atoms with E-state index in [1.807, 2.05) is 0 Å². The second-order valence-corrected chi connectivity index (χ2v) is 15.4. The number of nitrogens with zero attached hydrogens (tertiary/aromatic N) is 4. The summed E-state index contributed by atoms with van der Waals surface area (Å²) in [6.07, 6.45) is 0. The van der Waals surface area contributed by atoms with Crippen molar-refractivity contribution in [2.45, 2.75) is 0 Å². The van der Waals surface area contributed by atoms with Gasteiger partial charge in [0.2, 0.25) is 0 Å². The van der Waals surface area contributed by atoms with Crippen molar-refractivity contribution in [3.63, 3.8) is 0 Å². The molecule has 0 atom stereocenters. The Hall–Kier alpha value is -8.08. The van der Waals surface area contributed by atoms with Gasteiger partial charge in [0.25, 0.3) is 0 Å². The molecule has 0 fully saturated rings. The number of fused-ring (bicyclic) bond motifs is 7. The zero-order valence-electron chi connectivity index (χ0n) is 32.6. The molecule has 0 bridgehead atoms. The van der Waals surface area contributed by atoms with Crippen LogP contribution in [-0.2, 0) is 0 Å². The normalized spacial score (nSPS) is 11.7. The summed E-state index contributed by atoms with van der Waals surface area (Å²) in [7, 11) is 0. The van der Waals surface area contributed by atoms with Crippen molar-refractivity contribution >= 4 is 54.5 Å². The standard InChI is InChI=1S/C56H36N4/c1-4-14-37(15-5-1)38-28-31-44(32-29-38)60-53-23-13-12-22-50(53)58-56(60)41-26-24-39(25-27-41)42-30-33-52-48(34-42)49-35-51-47(36-54(49)59(52)43-18-8-3-9-19-43)45-20-10-11-21-46(45)55(57-51)40-16-6-2-7-17-40/h1-36H. The molecule has 0 aliphatic rings. The van der Waals surface area contributed by atoms with Gasteiger partial charge in [-0.05, 0) is 88.3 Å². The Bertz CT molecular complexity index is 3550. The van der Waals surface area contributed by atoms with Gasteiger partial charge in [0.1, 0.15) is 5.82 Å². The lowest BCUT2D eigenvalue weighted by Gasteiger charge is -2.12. The third-order valence-electron chi connectivity index (χ3n) is 11.9. The van der Waals surface area contributed by atoms with Crippen LogP contribution in [0, 0.1) is 0 Å². The van der Waals surface area contributed by atoms with Gasteiger partial charge in [-0.15, -0.1) is 0 Å². The van der Waals surface area contributed by atoms with Gasteiger partial charge < -0.3 is 4.57 Å². The molecule has 0 spiro atoms. The van der Waals surface area contributed by atoms with Crippen molar-refractivity contribution in [2.24, 2.45) is 0 Å². The number of hydrogen-bond donors (Lipinski definition) is 0. The van der Waals surface area contributed by atoms with Gasteiger partial charge in [0.05, 0.1) is 33.3 Å². The minimum absolute atomic E-state index is 0.915. The molecule has 3 heterocycles. The summed E-state index contributed by atoms with van der Waals surface area (Å²) in [6.45, 7) is 0. The van der Waals surface area contributed by atoms with Gasteiger partial charge in [-0.25, -0.2) is 9.97 Å². The van der Waals surface area contributed by atoms with Crippen LogP contribution in [0.25, 0.3) is 111 Å². The van der Waals surface area contributed by atoms with E-state index in [-0.39, 0.29) is 0 Å². The molecule has 3 aromatic heterocycles. The van der Waals surface area contributed by atoms with E-state index in [1.165, 1.54) is 27.3 Å². The van der Waals surface area contributed by atoms with Crippen molar-refractivity contribution in [1.29, 1.82) is 0 Å². The molecular formula is C56H36N4. The number of pyridine rings is 1. The summed E-state index contributed by atoms with van der Waals surface area (Å²) >= 11 is 0. The average molecular weight is 765 g/mol. The second kappa shape index (κ2) is 13.8. The van der Waals surface area contributed by atoms with Crippen LogP contribution >= 0.6 is 0 Å². The Kier molecular flexibility index (Phi) is 7.82. The lowest BCUT2D eigenvalue weighted by molar-refractivity contribution is 1.10. The maximum atomic E-state index is 5.38. The molecule has 12 rings (SSSR count). The third-order valence-corrected chi connectivity index (χ3v) is 11.9. The second-order valence-electron chi connectivity index (χ2n) is 15.4. The van der Waals surface area contributed by atoms with Crippen LogP contribution in [0.5, 0.6) is 0 Å². The maximum absolute atomic E-state index is 5.38. The molecule has 0 saturated carbocycles. The molecule has 0 radical (unpaired) electrons. The predicted molar refractivity (Wildman–Crippen MR) is 250 cm³/mol. The molecule has 0 aliphatic heterocycles. The summed E-state index contributed by atoms with van der Waals surface area (Å²) in [5.41, 5.74) is 15.4. The van der Waals surface area contributed by atoms with Crippen molar-refractivity contribution in [3.8, 4) is 56.3 Å². The van der Waals surface area contributed by atoms with Crippen LogP contribution in [0.2, 0.25) is 0 Å². The lowest BCUT2D eigenvalue weighted by atomic mass is 9.98. The number of benzene rings is 9. The molecule has 9 aromatic carbocycles. The molecule has 4 nitrogen and oxygen atoms in total. The zero-order valence-corrected chi connectivity index (χ0v) is 32.6. The molecule has 0 N–H and O–H groups in total. The van der Waals surface area contributed by atoms with Gasteiger partial charge in [-0.3, -0.25) is 4.57 Å². The Morgan fingerprint density at radius 1 is 0.267 bits per heavy atom. The smallest absolute Gasteiger partial charge is 0.145 e. The highest BCUT2D eigenvalue weighted by Gasteiger charge is 2.19. The predicted octanol–water partition coefficient (Wildman–Crippen LogP) is 14.5. The number of rotatable bonds is 6. The molecular weight excluding hydrogens is 729 g/mol. The number of hydrogen-bond acceptors (Lipinski definition) is 2. The van der Waals surface area contributed by atoms with Gasteiger partial charge in [0.15, 0.2) is 0 Å². The van der Waals surface area contributed by atoms with E-state index in [2.05, 4.69) is 228 Å². The van der Waals surface area contributed by atoms with Gasteiger partial charge in [0, 0.05) is 44.0 Å². The van der Waals surface area contributed by atoms with E-state index >= 15 is 0 Å². The van der Waals surface area contributed by atoms with E-state index in [9.17, 15) is 0 Å². The highest BCUT2D eigenvalue weighted by Crippen LogP contribution is 2.40. The molecule has 4 heteroatoms. The molecule has 0 saturated heterocycles. The monoisotopic (exact) mass is 764 g/mol. The van der Waals surface area contributed by atoms with Crippen LogP contribution in [0.4, 0.5) is 0 Å². The summed E-state index contributed by atoms with van der Waals surface area (Å²) in [5.74, 6) is 0.915. The first-order valence-corrected chi connectivity index (χ1v) is 20.4. The van der Waals surface area contributed by atoms with E-state index in [0.717, 1.165) is 83.5 Å². The van der Waals surface area contributed by atoms with E-state index in [4.69, 9.17) is 9.97 Å². The molecule has 0 unspecified atom stereocenters. The summed E-state index contributed by atoms with van der Waals surface area (Å²) < 4.78 is 4.67. The Morgan fingerprint density at radius 2 is 0.817 bits per heavy atom. The van der Waals surface area contributed by atoms with E-state index in [0.29, 0.717) is 0 Å². The summed E-state index contributed by atoms with van der Waals surface area (Å²) in [6, 6.07) is 77.9. The van der Waals surface area contributed by atoms with Crippen LogP contribution < -0.4 is 0 Å². The fourth-order valence-corrected chi connectivity index (χ4v) is 9.04. The van der Waals surface area contributed by atoms with Crippen molar-refractivity contribution in [2.75, 3.05) is 0 Å². The first-order chi connectivity index (χ1) is 29.7. The minimum Gasteiger partial charge on any atom is -0.309 e. The quantitative estimate of drug-likeness (QED) is 0.158. The number of aromatic nitrogens is 4. The fraction of sp³-hybridized carbons (Fsp3) is 0. The van der Waals surface area contributed by atoms with Crippen LogP contribution in [-0.4, -0.2) is 19.1 Å². The highest BCUT2D eigenvalue weighted by molar-refractivity contribution is 6.19. The number of para-hydroxylation sites is 3. The molecule has 0 aliphatic carbocycles. The Balaban J connectivity index is 0.996. The largest absolute Gasteiger partial charge is 0.309 e. The van der Waals surface area contributed by atoms with Crippen LogP contribution in [0.15, 0.2) is 218 Å². The van der Waals surface area contributed by atoms with Crippen molar-refractivity contribution in [1.82, 2.24) is 19.1 Å². The van der Waals surface area contributed by atoms with Crippen molar-refractivity contribution < 1.29 is 0 Å². The summed E-state index contributed by atoms with van der Waals surface area (Å²) in [5, 5.41) is 5.86. The lowest BCUT2D eigenvalue weighted by Crippen LogP contribution is -1.97. The zero-order chi connectivity index (χ0) is 39.6. The van der Waals surface area contributed by atoms with E-state index < -0.39 is 0 Å². The van der Waals surface area contributed by atoms with Gasteiger partial charge in [-0.1, -0.05) is 158 Å². The van der Waals surface area contributed by atoms with Crippen LogP contribution in [0.3, 0.4) is 0 Å². The van der Waals surface area contributed by atoms with Crippen molar-refractivity contribution in [3.05, 3.63) is 218 Å². The van der Waals surface area contributed by atoms with Gasteiger partial charge >= 0.3 is 0 Å². The summed E-state index contributed by atoms with van der Waals surface area (Å²) in [4.78, 5) is 10.5. The van der Waals surface area contributed by atoms with Gasteiger partial charge in [-0.2, -0.15) is 0 Å². The Labute approximate surface area is 346 Å². The fourth-order valence-electron chi connectivity index (χ4n) is 9.04. The third kappa shape index (κ3) is 5.53.